The molecule has 1 saturated heterocycles. The van der Waals surface area contributed by atoms with E-state index in [0.29, 0.717) is 38.5 Å². The van der Waals surface area contributed by atoms with Crippen LogP contribution >= 0.6 is 0 Å². The molecule has 2 aliphatic rings. The molecule has 29 heavy (non-hydrogen) atoms. The van der Waals surface area contributed by atoms with E-state index < -0.39 is 0 Å². The number of ether oxygens (including phenoxy) is 3. The van der Waals surface area contributed by atoms with Gasteiger partial charge >= 0.3 is 6.03 Å². The highest BCUT2D eigenvalue weighted by atomic mass is 16.5. The van der Waals surface area contributed by atoms with Crippen LogP contribution in [-0.4, -0.2) is 68.0 Å². The molecule has 0 bridgehead atoms. The lowest BCUT2D eigenvalue weighted by Gasteiger charge is -2.34. The average molecular weight is 402 g/mol. The van der Waals surface area contributed by atoms with Gasteiger partial charge in [0.25, 0.3) is 0 Å². The summed E-state index contributed by atoms with van der Waals surface area (Å²) in [4.78, 5) is 16.7. The first-order valence-electron chi connectivity index (χ1n) is 9.72. The highest BCUT2D eigenvalue weighted by Crippen LogP contribution is 2.26. The monoisotopic (exact) mass is 402 g/mol. The van der Waals surface area contributed by atoms with E-state index in [1.54, 1.807) is 19.1 Å². The fourth-order valence-electron chi connectivity index (χ4n) is 3.66. The van der Waals surface area contributed by atoms with Gasteiger partial charge in [0.05, 0.1) is 33.0 Å². The number of rotatable bonds is 5. The molecule has 1 aromatic heterocycles. The number of nitrogens with zero attached hydrogens (tertiary/aromatic N) is 3. The molecule has 0 unspecified atom stereocenters. The predicted octanol–water partition coefficient (Wildman–Crippen LogP) is 2.11. The second-order valence-corrected chi connectivity index (χ2v) is 7.11. The minimum Gasteiger partial charge on any atom is -0.497 e. The Morgan fingerprint density at radius 1 is 1.21 bits per heavy atom. The lowest BCUT2D eigenvalue weighted by molar-refractivity contribution is 0.103. The molecule has 1 aromatic carbocycles. The maximum Gasteiger partial charge on any atom is 0.323 e. The number of piperazine rings is 1. The molecule has 9 heteroatoms. The third kappa shape index (κ3) is 4.30. The van der Waals surface area contributed by atoms with Gasteiger partial charge in [0.2, 0.25) is 0 Å². The smallest absolute Gasteiger partial charge is 0.323 e. The summed E-state index contributed by atoms with van der Waals surface area (Å²) in [5.41, 5.74) is 1.91. The van der Waals surface area contributed by atoms with E-state index >= 15 is 0 Å². The molecule has 156 valence electrons. The Kier molecular flexibility index (Phi) is 5.86. The molecular formula is C20H26N4O5. The summed E-state index contributed by atoms with van der Waals surface area (Å²) in [6.45, 7) is 4.59. The van der Waals surface area contributed by atoms with Crippen molar-refractivity contribution in [2.45, 2.75) is 19.6 Å². The Bertz CT molecular complexity index is 861. The number of aromatic nitrogens is 1. The molecule has 3 heterocycles. The minimum absolute atomic E-state index is 0.162. The van der Waals surface area contributed by atoms with Crippen LogP contribution in [0.2, 0.25) is 0 Å². The molecule has 9 nitrogen and oxygen atoms in total. The number of carbonyl (C=O) groups is 1. The molecule has 0 saturated carbocycles. The number of methoxy groups -OCH3 is 2. The summed E-state index contributed by atoms with van der Waals surface area (Å²) in [7, 11) is 3.32. The number of urea groups is 1. The number of hydrogen-bond donors (Lipinski definition) is 1. The number of carbonyl (C=O) groups excluding carboxylic acids is 1. The van der Waals surface area contributed by atoms with Crippen LogP contribution in [0.15, 0.2) is 22.7 Å². The van der Waals surface area contributed by atoms with Crippen molar-refractivity contribution in [2.75, 3.05) is 52.3 Å². The highest BCUT2D eigenvalue weighted by molar-refractivity contribution is 5.89. The van der Waals surface area contributed by atoms with Crippen molar-refractivity contribution in [2.24, 2.45) is 0 Å². The van der Waals surface area contributed by atoms with Crippen LogP contribution in [0.1, 0.15) is 16.9 Å². The molecule has 1 N–H and O–H groups in total. The average Bonchev–Trinajstić information content (AvgIpc) is 3.17. The van der Waals surface area contributed by atoms with Crippen LogP contribution in [0.3, 0.4) is 0 Å². The number of anilines is 1. The van der Waals surface area contributed by atoms with Crippen molar-refractivity contribution >= 4 is 11.8 Å². The Labute approximate surface area is 169 Å². The molecule has 0 atom stereocenters. The van der Waals surface area contributed by atoms with E-state index in [1.807, 2.05) is 18.2 Å². The number of fused-ring (bicyclic) bond motifs is 1. The lowest BCUT2D eigenvalue weighted by atomic mass is 10.1. The van der Waals surface area contributed by atoms with Crippen molar-refractivity contribution in [3.05, 3.63) is 35.1 Å². The lowest BCUT2D eigenvalue weighted by Crippen LogP contribution is -2.49. The van der Waals surface area contributed by atoms with Gasteiger partial charge in [0.15, 0.2) is 5.82 Å². The fourth-order valence-corrected chi connectivity index (χ4v) is 3.66. The normalized spacial score (nSPS) is 17.0. The predicted molar refractivity (Wildman–Crippen MR) is 105 cm³/mol. The van der Waals surface area contributed by atoms with Crippen LogP contribution < -0.4 is 14.8 Å². The summed E-state index contributed by atoms with van der Waals surface area (Å²) >= 11 is 0. The molecular weight excluding hydrogens is 376 g/mol. The molecule has 1 fully saturated rings. The van der Waals surface area contributed by atoms with Crippen molar-refractivity contribution < 1.29 is 23.5 Å². The van der Waals surface area contributed by atoms with E-state index in [4.69, 9.17) is 18.7 Å². The van der Waals surface area contributed by atoms with Crippen molar-refractivity contribution in [3.63, 3.8) is 0 Å². The van der Waals surface area contributed by atoms with Gasteiger partial charge < -0.3 is 23.6 Å². The Balaban J connectivity index is 1.32. The number of nitrogens with one attached hydrogen (secondary N) is 1. The van der Waals surface area contributed by atoms with Gasteiger partial charge in [-0.25, -0.2) is 4.79 Å². The van der Waals surface area contributed by atoms with Gasteiger partial charge in [0, 0.05) is 44.7 Å². The zero-order chi connectivity index (χ0) is 20.2. The SMILES string of the molecule is COc1ccc(OC)c(CN2CCN(C(=O)Nc3noc4c3COCC4)CC2)c1. The Morgan fingerprint density at radius 2 is 2.03 bits per heavy atom. The first-order chi connectivity index (χ1) is 14.2. The van der Waals surface area contributed by atoms with Crippen molar-refractivity contribution in [3.8, 4) is 11.5 Å². The first kappa shape index (κ1) is 19.5. The summed E-state index contributed by atoms with van der Waals surface area (Å²) in [6, 6.07) is 5.64. The largest absolute Gasteiger partial charge is 0.497 e. The topological polar surface area (TPSA) is 89.3 Å². The van der Waals surface area contributed by atoms with E-state index in [2.05, 4.69) is 15.4 Å². The quantitative estimate of drug-likeness (QED) is 0.819. The third-order valence-corrected chi connectivity index (χ3v) is 5.36. The van der Waals surface area contributed by atoms with E-state index in [9.17, 15) is 4.79 Å². The van der Waals surface area contributed by atoms with Crippen molar-refractivity contribution in [1.29, 1.82) is 0 Å². The third-order valence-electron chi connectivity index (χ3n) is 5.36. The Hall–Kier alpha value is -2.78. The minimum atomic E-state index is -0.162. The van der Waals surface area contributed by atoms with Crippen LogP contribution in [-0.2, 0) is 24.3 Å². The summed E-state index contributed by atoms with van der Waals surface area (Å²) < 4.78 is 21.5. The van der Waals surface area contributed by atoms with Gasteiger partial charge in [-0.3, -0.25) is 10.2 Å². The molecule has 0 radical (unpaired) electrons. The Morgan fingerprint density at radius 3 is 2.79 bits per heavy atom. The van der Waals surface area contributed by atoms with Crippen LogP contribution in [0.4, 0.5) is 10.6 Å². The van der Waals surface area contributed by atoms with E-state index in [1.165, 1.54) is 0 Å². The second kappa shape index (κ2) is 8.71. The molecule has 2 aromatic rings. The molecule has 0 spiro atoms. The first-order valence-corrected chi connectivity index (χ1v) is 9.72. The van der Waals surface area contributed by atoms with Gasteiger partial charge in [-0.05, 0) is 18.2 Å². The highest BCUT2D eigenvalue weighted by Gasteiger charge is 2.26. The summed E-state index contributed by atoms with van der Waals surface area (Å²) in [6.07, 6.45) is 0.685. The standard InChI is InChI=1S/C20H26N4O5/c1-26-15-3-4-17(27-2)14(11-15)12-23-6-8-24(9-7-23)20(25)21-19-16-13-28-10-5-18(16)29-22-19/h3-4,11H,5-10,12-13H2,1-2H3,(H,21,22,25). The van der Waals surface area contributed by atoms with Crippen molar-refractivity contribution in [1.82, 2.24) is 15.0 Å². The maximum atomic E-state index is 12.6. The second-order valence-electron chi connectivity index (χ2n) is 7.11. The molecule has 0 aliphatic carbocycles. The molecule has 2 amide bonds. The fraction of sp³-hybridized carbons (Fsp3) is 0.500. The number of hydrogen-bond acceptors (Lipinski definition) is 7. The van der Waals surface area contributed by atoms with Crippen LogP contribution in [0.25, 0.3) is 0 Å². The summed E-state index contributed by atoms with van der Waals surface area (Å²) in [5, 5.41) is 6.85. The van der Waals surface area contributed by atoms with Crippen LogP contribution in [0, 0.1) is 0 Å². The molecule has 2 aliphatic heterocycles. The maximum absolute atomic E-state index is 12.6. The zero-order valence-corrected chi connectivity index (χ0v) is 16.8. The molecule has 4 rings (SSSR count). The zero-order valence-electron chi connectivity index (χ0n) is 16.8. The summed E-state index contributed by atoms with van der Waals surface area (Å²) in [5.74, 6) is 2.90. The number of amides is 2. The van der Waals surface area contributed by atoms with Crippen LogP contribution in [0.5, 0.6) is 11.5 Å². The van der Waals surface area contributed by atoms with E-state index in [-0.39, 0.29) is 6.03 Å². The number of benzene rings is 1. The van der Waals surface area contributed by atoms with Gasteiger partial charge in [-0.15, -0.1) is 0 Å². The van der Waals surface area contributed by atoms with Gasteiger partial charge in [0.1, 0.15) is 17.3 Å². The van der Waals surface area contributed by atoms with Gasteiger partial charge in [-0.2, -0.15) is 0 Å². The van der Waals surface area contributed by atoms with E-state index in [0.717, 1.165) is 48.0 Å². The van der Waals surface area contributed by atoms with Gasteiger partial charge in [-0.1, -0.05) is 5.16 Å².